The molecule has 0 aromatic heterocycles. The topological polar surface area (TPSA) is 63.4 Å². The minimum absolute atomic E-state index is 0.0126. The minimum atomic E-state index is -3.48. The molecule has 24 heavy (non-hydrogen) atoms. The molecule has 5 heteroatoms. The Morgan fingerprint density at radius 3 is 2.50 bits per heavy atom. The fourth-order valence-corrected chi connectivity index (χ4v) is 4.82. The van der Waals surface area contributed by atoms with Gasteiger partial charge in [0.2, 0.25) is 10.0 Å². The Labute approximate surface area is 144 Å². The molecule has 1 aliphatic rings. The number of piperidine rings is 1. The summed E-state index contributed by atoms with van der Waals surface area (Å²) in [5.74, 6) is 0.228. The van der Waals surface area contributed by atoms with Crippen LogP contribution >= 0.6 is 0 Å². The van der Waals surface area contributed by atoms with E-state index in [4.69, 9.17) is 5.73 Å². The third kappa shape index (κ3) is 3.53. The first-order chi connectivity index (χ1) is 11.5. The summed E-state index contributed by atoms with van der Waals surface area (Å²) in [6.45, 7) is 3.04. The molecule has 1 saturated heterocycles. The van der Waals surface area contributed by atoms with E-state index in [0.717, 1.165) is 24.0 Å². The first kappa shape index (κ1) is 17.1. The Balaban J connectivity index is 1.90. The first-order valence-corrected chi connectivity index (χ1v) is 9.84. The van der Waals surface area contributed by atoms with E-state index in [9.17, 15) is 8.42 Å². The number of nitrogens with zero attached hydrogens (tertiary/aromatic N) is 1. The number of hydrogen-bond donors (Lipinski definition) is 1. The van der Waals surface area contributed by atoms with Crippen molar-refractivity contribution in [3.63, 3.8) is 0 Å². The van der Waals surface area contributed by atoms with Crippen LogP contribution in [0.3, 0.4) is 0 Å². The van der Waals surface area contributed by atoms with Crippen LogP contribution < -0.4 is 5.73 Å². The van der Waals surface area contributed by atoms with Gasteiger partial charge in [-0.3, -0.25) is 0 Å². The minimum Gasteiger partial charge on any atom is -0.328 e. The van der Waals surface area contributed by atoms with E-state index >= 15 is 0 Å². The van der Waals surface area contributed by atoms with Gasteiger partial charge in [0, 0.05) is 19.1 Å². The van der Waals surface area contributed by atoms with Gasteiger partial charge in [-0.05, 0) is 48.9 Å². The van der Waals surface area contributed by atoms with Gasteiger partial charge in [-0.15, -0.1) is 0 Å². The standard InChI is InChI=1S/C19H24N2O2S/c1-15(20)18-10-6-12-21(14-18)24(22,23)19-11-5-9-17(13-19)16-7-3-2-4-8-16/h2-5,7-9,11,13,15,18H,6,10,12,14,20H2,1H3. The van der Waals surface area contributed by atoms with Crippen LogP contribution in [0.25, 0.3) is 11.1 Å². The highest BCUT2D eigenvalue weighted by Gasteiger charge is 2.31. The molecule has 2 unspecified atom stereocenters. The molecule has 4 nitrogen and oxygen atoms in total. The van der Waals surface area contributed by atoms with Crippen molar-refractivity contribution in [3.05, 3.63) is 54.6 Å². The molecule has 0 radical (unpaired) electrons. The second-order valence-electron chi connectivity index (χ2n) is 6.52. The molecule has 2 aromatic rings. The molecule has 1 fully saturated rings. The predicted molar refractivity (Wildman–Crippen MR) is 97.0 cm³/mol. The molecule has 0 bridgehead atoms. The lowest BCUT2D eigenvalue weighted by Gasteiger charge is -2.33. The highest BCUT2D eigenvalue weighted by atomic mass is 32.2. The molecule has 0 amide bonds. The lowest BCUT2D eigenvalue weighted by Crippen LogP contribution is -2.44. The van der Waals surface area contributed by atoms with Crippen LogP contribution in [-0.2, 0) is 10.0 Å². The highest BCUT2D eigenvalue weighted by molar-refractivity contribution is 7.89. The summed E-state index contributed by atoms with van der Waals surface area (Å²) in [6.07, 6.45) is 1.86. The van der Waals surface area contributed by atoms with Gasteiger partial charge in [-0.2, -0.15) is 4.31 Å². The number of benzene rings is 2. The monoisotopic (exact) mass is 344 g/mol. The fourth-order valence-electron chi connectivity index (χ4n) is 3.24. The maximum absolute atomic E-state index is 13.0. The second kappa shape index (κ2) is 7.05. The smallest absolute Gasteiger partial charge is 0.243 e. The largest absolute Gasteiger partial charge is 0.328 e. The Hall–Kier alpha value is -1.69. The van der Waals surface area contributed by atoms with E-state index in [0.29, 0.717) is 18.0 Å². The van der Waals surface area contributed by atoms with Crippen LogP contribution in [0.4, 0.5) is 0 Å². The fraction of sp³-hybridized carbons (Fsp3) is 0.368. The van der Waals surface area contributed by atoms with E-state index in [1.54, 1.807) is 16.4 Å². The number of hydrogen-bond acceptors (Lipinski definition) is 3. The van der Waals surface area contributed by atoms with Gasteiger partial charge in [0.15, 0.2) is 0 Å². The number of sulfonamides is 1. The average Bonchev–Trinajstić information content (AvgIpc) is 2.62. The van der Waals surface area contributed by atoms with Crippen molar-refractivity contribution < 1.29 is 8.42 Å². The third-order valence-electron chi connectivity index (χ3n) is 4.74. The summed E-state index contributed by atoms with van der Waals surface area (Å²) < 4.78 is 27.6. The van der Waals surface area contributed by atoms with Gasteiger partial charge in [-0.1, -0.05) is 42.5 Å². The zero-order chi connectivity index (χ0) is 17.2. The van der Waals surface area contributed by atoms with Crippen molar-refractivity contribution in [2.75, 3.05) is 13.1 Å². The summed E-state index contributed by atoms with van der Waals surface area (Å²) in [5, 5.41) is 0. The first-order valence-electron chi connectivity index (χ1n) is 8.40. The van der Waals surface area contributed by atoms with Crippen LogP contribution in [0.15, 0.2) is 59.5 Å². The molecule has 2 aromatic carbocycles. The SMILES string of the molecule is CC(N)C1CCCN(S(=O)(=O)c2cccc(-c3ccccc3)c2)C1. The van der Waals surface area contributed by atoms with Crippen molar-refractivity contribution in [2.45, 2.75) is 30.7 Å². The van der Waals surface area contributed by atoms with E-state index in [-0.39, 0.29) is 12.0 Å². The highest BCUT2D eigenvalue weighted by Crippen LogP contribution is 2.27. The normalized spacial score (nSPS) is 20.7. The molecule has 3 rings (SSSR count). The van der Waals surface area contributed by atoms with Gasteiger partial charge in [-0.25, -0.2) is 8.42 Å². The molecule has 2 N–H and O–H groups in total. The molecule has 2 atom stereocenters. The Kier molecular flexibility index (Phi) is 5.04. The Bertz CT molecular complexity index is 788. The van der Waals surface area contributed by atoms with Crippen molar-refractivity contribution in [3.8, 4) is 11.1 Å². The lowest BCUT2D eigenvalue weighted by atomic mass is 9.93. The van der Waals surface area contributed by atoms with Gasteiger partial charge in [0.25, 0.3) is 0 Å². The van der Waals surface area contributed by atoms with Gasteiger partial charge < -0.3 is 5.73 Å². The predicted octanol–water partition coefficient (Wildman–Crippen LogP) is 3.10. The van der Waals surface area contributed by atoms with E-state index in [1.165, 1.54) is 0 Å². The molecule has 1 heterocycles. The van der Waals surface area contributed by atoms with Gasteiger partial charge in [0.05, 0.1) is 4.90 Å². The van der Waals surface area contributed by atoms with Crippen LogP contribution in [-0.4, -0.2) is 31.9 Å². The van der Waals surface area contributed by atoms with Gasteiger partial charge in [0.1, 0.15) is 0 Å². The maximum atomic E-state index is 13.0. The summed E-state index contributed by atoms with van der Waals surface area (Å²) in [5.41, 5.74) is 7.92. The van der Waals surface area contributed by atoms with Crippen molar-refractivity contribution >= 4 is 10.0 Å². The van der Waals surface area contributed by atoms with Crippen LogP contribution in [0.2, 0.25) is 0 Å². The third-order valence-corrected chi connectivity index (χ3v) is 6.60. The molecule has 0 saturated carbocycles. The van der Waals surface area contributed by atoms with E-state index in [2.05, 4.69) is 0 Å². The molecular weight excluding hydrogens is 320 g/mol. The zero-order valence-electron chi connectivity index (χ0n) is 13.9. The van der Waals surface area contributed by atoms with Crippen LogP contribution in [0, 0.1) is 5.92 Å². The number of rotatable bonds is 4. The summed E-state index contributed by atoms with van der Waals surface area (Å²) >= 11 is 0. The van der Waals surface area contributed by atoms with Crippen molar-refractivity contribution in [1.82, 2.24) is 4.31 Å². The van der Waals surface area contributed by atoms with Crippen LogP contribution in [0.1, 0.15) is 19.8 Å². The van der Waals surface area contributed by atoms with Crippen LogP contribution in [0.5, 0.6) is 0 Å². The van der Waals surface area contributed by atoms with Crippen molar-refractivity contribution in [2.24, 2.45) is 11.7 Å². The van der Waals surface area contributed by atoms with E-state index < -0.39 is 10.0 Å². The molecule has 0 spiro atoms. The molecule has 128 valence electrons. The average molecular weight is 344 g/mol. The summed E-state index contributed by atoms with van der Waals surface area (Å²) in [7, 11) is -3.48. The van der Waals surface area contributed by atoms with Gasteiger partial charge >= 0.3 is 0 Å². The Morgan fingerprint density at radius 2 is 1.79 bits per heavy atom. The molecular formula is C19H24N2O2S. The number of nitrogens with two attached hydrogens (primary N) is 1. The zero-order valence-corrected chi connectivity index (χ0v) is 14.7. The molecule has 0 aliphatic carbocycles. The summed E-state index contributed by atoms with van der Waals surface area (Å²) in [4.78, 5) is 0.356. The Morgan fingerprint density at radius 1 is 1.08 bits per heavy atom. The lowest BCUT2D eigenvalue weighted by molar-refractivity contribution is 0.243. The summed E-state index contributed by atoms with van der Waals surface area (Å²) in [6, 6.07) is 17.0. The molecule has 1 aliphatic heterocycles. The quantitative estimate of drug-likeness (QED) is 0.927. The maximum Gasteiger partial charge on any atom is 0.243 e. The van der Waals surface area contributed by atoms with E-state index in [1.807, 2.05) is 49.4 Å². The van der Waals surface area contributed by atoms with Crippen molar-refractivity contribution in [1.29, 1.82) is 0 Å². The second-order valence-corrected chi connectivity index (χ2v) is 8.46.